The van der Waals surface area contributed by atoms with Crippen molar-refractivity contribution < 1.29 is 13.6 Å². The molecule has 1 amide bonds. The monoisotopic (exact) mass is 240 g/mol. The number of nitrogens with zero attached hydrogens (tertiary/aromatic N) is 2. The maximum absolute atomic E-state index is 11.7. The topological polar surface area (TPSA) is 60.9 Å². The van der Waals surface area contributed by atoms with Gasteiger partial charge in [-0.3, -0.25) is 9.35 Å². The number of carbonyl (C=O) groups excluding carboxylic acids is 1. The Labute approximate surface area is 96.1 Å². The van der Waals surface area contributed by atoms with Gasteiger partial charge in [0.05, 0.1) is 6.54 Å². The Morgan fingerprint density at radius 1 is 1.19 bits per heavy atom. The smallest absolute Gasteiger partial charge is 0.242 e. The summed E-state index contributed by atoms with van der Waals surface area (Å²) < 4.78 is 20.9. The molecule has 1 aliphatic rings. The van der Waals surface area contributed by atoms with E-state index in [1.54, 1.807) is 4.90 Å². The van der Waals surface area contributed by atoms with E-state index in [0.717, 1.165) is 5.69 Å². The van der Waals surface area contributed by atoms with Crippen LogP contribution in [0.4, 0.5) is 5.69 Å². The molecule has 1 fully saturated rings. The van der Waals surface area contributed by atoms with Crippen molar-refractivity contribution >= 4 is 22.9 Å². The number of hydrogen-bond donors (Lipinski definition) is 1. The standard InChI is InChI=1S/C10H12N2O3S/c13-10-8-11(16(14)15)6-7-12(10)9-4-2-1-3-5-9/h1-5H,6-8H2,(H,14,15). The molecule has 16 heavy (non-hydrogen) atoms. The third-order valence-corrected chi connectivity index (χ3v) is 3.23. The lowest BCUT2D eigenvalue weighted by Crippen LogP contribution is -2.50. The van der Waals surface area contributed by atoms with Gasteiger partial charge in [-0.25, -0.2) is 4.21 Å². The van der Waals surface area contributed by atoms with Crippen molar-refractivity contribution in [3.63, 3.8) is 0 Å². The highest BCUT2D eigenvalue weighted by atomic mass is 32.2. The lowest BCUT2D eigenvalue weighted by Gasteiger charge is -2.31. The van der Waals surface area contributed by atoms with Crippen LogP contribution >= 0.6 is 0 Å². The maximum atomic E-state index is 11.7. The number of benzene rings is 1. The fraction of sp³-hybridized carbons (Fsp3) is 0.300. The third-order valence-electron chi connectivity index (χ3n) is 2.47. The fourth-order valence-electron chi connectivity index (χ4n) is 1.67. The lowest BCUT2D eigenvalue weighted by atomic mass is 10.2. The first-order valence-electron chi connectivity index (χ1n) is 4.90. The van der Waals surface area contributed by atoms with E-state index in [-0.39, 0.29) is 12.5 Å². The van der Waals surface area contributed by atoms with Gasteiger partial charge in [0.2, 0.25) is 17.2 Å². The van der Waals surface area contributed by atoms with Crippen molar-refractivity contribution in [2.75, 3.05) is 24.5 Å². The molecule has 86 valence electrons. The molecule has 1 saturated heterocycles. The van der Waals surface area contributed by atoms with E-state index in [9.17, 15) is 9.00 Å². The molecule has 1 heterocycles. The van der Waals surface area contributed by atoms with Gasteiger partial charge >= 0.3 is 0 Å². The molecule has 1 unspecified atom stereocenters. The summed E-state index contributed by atoms with van der Waals surface area (Å²) in [5, 5.41) is 0. The Kier molecular flexibility index (Phi) is 3.33. The zero-order chi connectivity index (χ0) is 11.5. The van der Waals surface area contributed by atoms with Crippen LogP contribution in [0.3, 0.4) is 0 Å². The van der Waals surface area contributed by atoms with Gasteiger partial charge in [0.15, 0.2) is 0 Å². The van der Waals surface area contributed by atoms with Crippen molar-refractivity contribution in [2.45, 2.75) is 0 Å². The number of rotatable bonds is 2. The second-order valence-corrected chi connectivity index (χ2v) is 4.45. The third kappa shape index (κ3) is 2.29. The molecule has 1 aliphatic heterocycles. The van der Waals surface area contributed by atoms with Crippen LogP contribution in [-0.2, 0) is 16.1 Å². The molecule has 5 nitrogen and oxygen atoms in total. The summed E-state index contributed by atoms with van der Waals surface area (Å²) in [7, 11) is 0. The van der Waals surface area contributed by atoms with E-state index >= 15 is 0 Å². The maximum Gasteiger partial charge on any atom is 0.242 e. The molecular formula is C10H12N2O3S. The van der Waals surface area contributed by atoms with Crippen molar-refractivity contribution in [1.29, 1.82) is 0 Å². The van der Waals surface area contributed by atoms with Crippen LogP contribution in [0.25, 0.3) is 0 Å². The van der Waals surface area contributed by atoms with Gasteiger partial charge in [0, 0.05) is 18.8 Å². The second-order valence-electron chi connectivity index (χ2n) is 3.48. The normalized spacial score (nSPS) is 19.8. The Bertz CT molecular complexity index is 410. The molecular weight excluding hydrogens is 228 g/mol. The molecule has 1 aromatic rings. The molecule has 0 spiro atoms. The van der Waals surface area contributed by atoms with Gasteiger partial charge in [-0.15, -0.1) is 0 Å². The van der Waals surface area contributed by atoms with Gasteiger partial charge in [-0.1, -0.05) is 18.2 Å². The summed E-state index contributed by atoms with van der Waals surface area (Å²) in [4.78, 5) is 13.4. The average molecular weight is 240 g/mol. The van der Waals surface area contributed by atoms with E-state index in [2.05, 4.69) is 0 Å². The first-order valence-corrected chi connectivity index (χ1v) is 5.96. The first-order chi connectivity index (χ1) is 7.68. The lowest BCUT2D eigenvalue weighted by molar-refractivity contribution is -0.119. The molecule has 1 aromatic carbocycles. The highest BCUT2D eigenvalue weighted by Gasteiger charge is 2.27. The summed E-state index contributed by atoms with van der Waals surface area (Å²) in [6.45, 7) is 0.830. The highest BCUT2D eigenvalue weighted by molar-refractivity contribution is 7.76. The number of amides is 1. The van der Waals surface area contributed by atoms with E-state index in [4.69, 9.17) is 4.55 Å². The predicted molar refractivity (Wildman–Crippen MR) is 61.1 cm³/mol. The van der Waals surface area contributed by atoms with Gasteiger partial charge in [-0.2, -0.15) is 4.31 Å². The second kappa shape index (κ2) is 4.73. The van der Waals surface area contributed by atoms with Crippen LogP contribution in [0, 0.1) is 0 Å². The van der Waals surface area contributed by atoms with Crippen LogP contribution in [0.5, 0.6) is 0 Å². The summed E-state index contributed by atoms with van der Waals surface area (Å²) in [5.74, 6) is -0.153. The minimum absolute atomic E-state index is 0.0159. The molecule has 1 N–H and O–H groups in total. The van der Waals surface area contributed by atoms with Crippen LogP contribution < -0.4 is 4.90 Å². The summed E-state index contributed by atoms with van der Waals surface area (Å²) >= 11 is -2.06. The predicted octanol–water partition coefficient (Wildman–Crippen LogP) is 0.472. The molecule has 0 radical (unpaired) electrons. The van der Waals surface area contributed by atoms with Crippen LogP contribution in [-0.4, -0.2) is 38.6 Å². The van der Waals surface area contributed by atoms with Crippen molar-refractivity contribution in [3.05, 3.63) is 30.3 Å². The SMILES string of the molecule is O=C1CN(S(=O)O)CCN1c1ccccc1. The molecule has 0 bridgehead atoms. The van der Waals surface area contributed by atoms with E-state index in [1.807, 2.05) is 30.3 Å². The zero-order valence-electron chi connectivity index (χ0n) is 8.57. The first kappa shape index (κ1) is 11.3. The number of para-hydroxylation sites is 1. The average Bonchev–Trinajstić information content (AvgIpc) is 2.30. The Morgan fingerprint density at radius 2 is 1.88 bits per heavy atom. The Hall–Kier alpha value is -1.24. The van der Waals surface area contributed by atoms with Gasteiger partial charge in [-0.05, 0) is 12.1 Å². The van der Waals surface area contributed by atoms with Gasteiger partial charge in [0.1, 0.15) is 0 Å². The number of hydrogen-bond acceptors (Lipinski definition) is 2. The summed E-state index contributed by atoms with van der Waals surface area (Å²) in [6, 6.07) is 9.30. The molecule has 6 heteroatoms. The molecule has 0 saturated carbocycles. The largest absolute Gasteiger partial charge is 0.310 e. The highest BCUT2D eigenvalue weighted by Crippen LogP contribution is 2.16. The Morgan fingerprint density at radius 3 is 2.44 bits per heavy atom. The molecule has 1 atom stereocenters. The van der Waals surface area contributed by atoms with Crippen molar-refractivity contribution in [3.8, 4) is 0 Å². The number of piperazine rings is 1. The Balaban J connectivity index is 2.11. The zero-order valence-corrected chi connectivity index (χ0v) is 9.39. The molecule has 0 aromatic heterocycles. The minimum atomic E-state index is -2.06. The van der Waals surface area contributed by atoms with Gasteiger partial charge in [0.25, 0.3) is 0 Å². The van der Waals surface area contributed by atoms with E-state index in [0.29, 0.717) is 13.1 Å². The van der Waals surface area contributed by atoms with Crippen LogP contribution in [0.2, 0.25) is 0 Å². The van der Waals surface area contributed by atoms with Crippen molar-refractivity contribution in [2.24, 2.45) is 0 Å². The number of carbonyl (C=O) groups is 1. The minimum Gasteiger partial charge on any atom is -0.310 e. The fourth-order valence-corrected chi connectivity index (χ4v) is 2.12. The van der Waals surface area contributed by atoms with Crippen LogP contribution in [0.1, 0.15) is 0 Å². The van der Waals surface area contributed by atoms with Crippen LogP contribution in [0.15, 0.2) is 30.3 Å². The molecule has 2 rings (SSSR count). The van der Waals surface area contributed by atoms with E-state index in [1.165, 1.54) is 4.31 Å². The van der Waals surface area contributed by atoms with Gasteiger partial charge < -0.3 is 4.90 Å². The van der Waals surface area contributed by atoms with E-state index < -0.39 is 11.3 Å². The summed E-state index contributed by atoms with van der Waals surface area (Å²) in [6.07, 6.45) is 0. The quantitative estimate of drug-likeness (QED) is 0.764. The summed E-state index contributed by atoms with van der Waals surface area (Å²) in [5.41, 5.74) is 0.830. The van der Waals surface area contributed by atoms with Crippen molar-refractivity contribution in [1.82, 2.24) is 4.31 Å². The molecule has 0 aliphatic carbocycles. The number of anilines is 1.